The molecule has 1 aromatic carbocycles. The van der Waals surface area contributed by atoms with E-state index in [0.717, 1.165) is 0 Å². The SMILES string of the molecule is CC(C)NCc1cc([N+](=O)[O-])ccc1OCC(C)C(N)=O. The molecular formula is C14H21N3O4. The number of primary amides is 1. The Kier molecular flexibility index (Phi) is 6.10. The summed E-state index contributed by atoms with van der Waals surface area (Å²) in [5.41, 5.74) is 5.86. The highest BCUT2D eigenvalue weighted by Crippen LogP contribution is 2.24. The van der Waals surface area contributed by atoms with Gasteiger partial charge in [0.1, 0.15) is 5.75 Å². The molecule has 0 aliphatic carbocycles. The standard InChI is InChI=1S/C14H21N3O4/c1-9(2)16-7-11-6-12(17(19)20)4-5-13(11)21-8-10(3)14(15)18/h4-6,9-10,16H,7-8H2,1-3H3,(H2,15,18). The van der Waals surface area contributed by atoms with Gasteiger partial charge in [-0.3, -0.25) is 14.9 Å². The van der Waals surface area contributed by atoms with Crippen molar-refractivity contribution in [2.24, 2.45) is 11.7 Å². The first-order chi connectivity index (χ1) is 9.81. The summed E-state index contributed by atoms with van der Waals surface area (Å²) in [7, 11) is 0. The zero-order valence-electron chi connectivity index (χ0n) is 12.5. The van der Waals surface area contributed by atoms with Crippen LogP contribution in [0.3, 0.4) is 0 Å². The number of hydrogen-bond donors (Lipinski definition) is 2. The van der Waals surface area contributed by atoms with Gasteiger partial charge in [-0.15, -0.1) is 0 Å². The van der Waals surface area contributed by atoms with E-state index in [-0.39, 0.29) is 18.3 Å². The lowest BCUT2D eigenvalue weighted by Gasteiger charge is -2.15. The topological polar surface area (TPSA) is 107 Å². The van der Waals surface area contributed by atoms with E-state index in [2.05, 4.69) is 5.32 Å². The Bertz CT molecular complexity index is 517. The van der Waals surface area contributed by atoms with Crippen molar-refractivity contribution < 1.29 is 14.5 Å². The average molecular weight is 295 g/mol. The second-order valence-corrected chi connectivity index (χ2v) is 5.20. The summed E-state index contributed by atoms with van der Waals surface area (Å²) in [4.78, 5) is 21.4. The molecule has 0 aromatic heterocycles. The van der Waals surface area contributed by atoms with Crippen molar-refractivity contribution in [2.45, 2.75) is 33.4 Å². The molecule has 0 saturated carbocycles. The van der Waals surface area contributed by atoms with Gasteiger partial charge in [0, 0.05) is 30.3 Å². The van der Waals surface area contributed by atoms with Crippen LogP contribution in [0, 0.1) is 16.0 Å². The molecular weight excluding hydrogens is 274 g/mol. The fourth-order valence-corrected chi connectivity index (χ4v) is 1.57. The zero-order chi connectivity index (χ0) is 16.0. The van der Waals surface area contributed by atoms with Gasteiger partial charge >= 0.3 is 0 Å². The van der Waals surface area contributed by atoms with Crippen LogP contribution in [0.5, 0.6) is 5.75 Å². The second-order valence-electron chi connectivity index (χ2n) is 5.20. The third kappa shape index (κ3) is 5.39. The lowest BCUT2D eigenvalue weighted by Crippen LogP contribution is -2.26. The highest BCUT2D eigenvalue weighted by atomic mass is 16.6. The third-order valence-electron chi connectivity index (χ3n) is 2.93. The van der Waals surface area contributed by atoms with Crippen LogP contribution < -0.4 is 15.8 Å². The van der Waals surface area contributed by atoms with Crippen LogP contribution in [0.15, 0.2) is 18.2 Å². The Morgan fingerprint density at radius 2 is 2.10 bits per heavy atom. The molecule has 0 aliphatic heterocycles. The number of rotatable bonds is 8. The quantitative estimate of drug-likeness (QED) is 0.559. The van der Waals surface area contributed by atoms with Crippen molar-refractivity contribution in [3.63, 3.8) is 0 Å². The summed E-state index contributed by atoms with van der Waals surface area (Å²) in [6.45, 7) is 6.21. The van der Waals surface area contributed by atoms with Crippen LogP contribution in [0.2, 0.25) is 0 Å². The zero-order valence-corrected chi connectivity index (χ0v) is 12.5. The number of nitro benzene ring substituents is 1. The van der Waals surface area contributed by atoms with Gasteiger partial charge in [0.25, 0.3) is 5.69 Å². The molecule has 0 aliphatic rings. The Balaban J connectivity index is 2.89. The van der Waals surface area contributed by atoms with Gasteiger partial charge in [0.15, 0.2) is 0 Å². The molecule has 1 aromatic rings. The molecule has 0 spiro atoms. The Labute approximate surface area is 123 Å². The van der Waals surface area contributed by atoms with Gasteiger partial charge in [-0.05, 0) is 6.07 Å². The largest absolute Gasteiger partial charge is 0.492 e. The van der Waals surface area contributed by atoms with Crippen LogP contribution in [-0.2, 0) is 11.3 Å². The monoisotopic (exact) mass is 295 g/mol. The number of hydrogen-bond acceptors (Lipinski definition) is 5. The molecule has 1 unspecified atom stereocenters. The number of amides is 1. The maximum absolute atomic E-state index is 11.0. The first-order valence-electron chi connectivity index (χ1n) is 6.74. The smallest absolute Gasteiger partial charge is 0.270 e. The van der Waals surface area contributed by atoms with E-state index in [9.17, 15) is 14.9 Å². The second kappa shape index (κ2) is 7.58. The summed E-state index contributed by atoms with van der Waals surface area (Å²) in [6, 6.07) is 4.63. The van der Waals surface area contributed by atoms with Crippen molar-refractivity contribution in [3.05, 3.63) is 33.9 Å². The number of carbonyl (C=O) groups excluding carboxylic acids is 1. The number of nitrogens with one attached hydrogen (secondary N) is 1. The highest BCUT2D eigenvalue weighted by molar-refractivity contribution is 5.76. The first-order valence-corrected chi connectivity index (χ1v) is 6.74. The van der Waals surface area contributed by atoms with E-state index in [1.165, 1.54) is 12.1 Å². The molecule has 1 rings (SSSR count). The minimum atomic E-state index is -0.450. The van der Waals surface area contributed by atoms with Crippen LogP contribution in [0.25, 0.3) is 0 Å². The summed E-state index contributed by atoms with van der Waals surface area (Å²) < 4.78 is 5.56. The third-order valence-corrected chi connectivity index (χ3v) is 2.93. The number of benzene rings is 1. The van der Waals surface area contributed by atoms with Crippen molar-refractivity contribution in [3.8, 4) is 5.75 Å². The number of nitrogens with two attached hydrogens (primary N) is 1. The fourth-order valence-electron chi connectivity index (χ4n) is 1.57. The van der Waals surface area contributed by atoms with Crippen molar-refractivity contribution in [2.75, 3.05) is 6.61 Å². The molecule has 0 fully saturated rings. The molecule has 0 radical (unpaired) electrons. The molecule has 1 amide bonds. The first kappa shape index (κ1) is 16.9. The van der Waals surface area contributed by atoms with Crippen LogP contribution in [0.4, 0.5) is 5.69 Å². The van der Waals surface area contributed by atoms with E-state index in [1.54, 1.807) is 13.0 Å². The number of nitro groups is 1. The maximum atomic E-state index is 11.0. The summed E-state index contributed by atoms with van der Waals surface area (Å²) >= 11 is 0. The highest BCUT2D eigenvalue weighted by Gasteiger charge is 2.14. The van der Waals surface area contributed by atoms with E-state index in [4.69, 9.17) is 10.5 Å². The van der Waals surface area contributed by atoms with E-state index < -0.39 is 16.7 Å². The molecule has 0 heterocycles. The normalized spacial score (nSPS) is 12.2. The summed E-state index contributed by atoms with van der Waals surface area (Å²) in [5, 5.41) is 14.0. The van der Waals surface area contributed by atoms with E-state index in [0.29, 0.717) is 17.9 Å². The van der Waals surface area contributed by atoms with E-state index >= 15 is 0 Å². The molecule has 0 bridgehead atoms. The maximum Gasteiger partial charge on any atom is 0.270 e. The Morgan fingerprint density at radius 3 is 2.62 bits per heavy atom. The number of ether oxygens (including phenoxy) is 1. The lowest BCUT2D eigenvalue weighted by atomic mass is 10.1. The van der Waals surface area contributed by atoms with Gasteiger partial charge in [-0.25, -0.2) is 0 Å². The molecule has 21 heavy (non-hydrogen) atoms. The van der Waals surface area contributed by atoms with Crippen molar-refractivity contribution in [1.29, 1.82) is 0 Å². The summed E-state index contributed by atoms with van der Waals surface area (Å²) in [6.07, 6.45) is 0. The molecule has 1 atom stereocenters. The van der Waals surface area contributed by atoms with Gasteiger partial charge in [0.2, 0.25) is 5.91 Å². The average Bonchev–Trinajstić information content (AvgIpc) is 2.42. The predicted molar refractivity (Wildman–Crippen MR) is 78.9 cm³/mol. The van der Waals surface area contributed by atoms with Gasteiger partial charge in [-0.1, -0.05) is 20.8 Å². The minimum absolute atomic E-state index is 0.00542. The van der Waals surface area contributed by atoms with E-state index in [1.807, 2.05) is 13.8 Å². The summed E-state index contributed by atoms with van der Waals surface area (Å²) in [5.74, 6) is -0.355. The molecule has 116 valence electrons. The lowest BCUT2D eigenvalue weighted by molar-refractivity contribution is -0.384. The minimum Gasteiger partial charge on any atom is -0.492 e. The van der Waals surface area contributed by atoms with Gasteiger partial charge in [-0.2, -0.15) is 0 Å². The number of nitrogens with zero attached hydrogens (tertiary/aromatic N) is 1. The molecule has 7 nitrogen and oxygen atoms in total. The van der Waals surface area contributed by atoms with Crippen molar-refractivity contribution >= 4 is 11.6 Å². The molecule has 0 saturated heterocycles. The number of carbonyl (C=O) groups is 1. The van der Waals surface area contributed by atoms with Crippen LogP contribution >= 0.6 is 0 Å². The fraction of sp³-hybridized carbons (Fsp3) is 0.500. The van der Waals surface area contributed by atoms with Gasteiger partial charge in [0.05, 0.1) is 17.4 Å². The van der Waals surface area contributed by atoms with Gasteiger partial charge < -0.3 is 15.8 Å². The predicted octanol–water partition coefficient (Wildman–Crippen LogP) is 1.59. The molecule has 7 heteroatoms. The van der Waals surface area contributed by atoms with Crippen LogP contribution in [-0.4, -0.2) is 23.5 Å². The number of non-ortho nitro benzene ring substituents is 1. The Hall–Kier alpha value is -2.15. The Morgan fingerprint density at radius 1 is 1.43 bits per heavy atom. The molecule has 3 N–H and O–H groups in total. The van der Waals surface area contributed by atoms with Crippen molar-refractivity contribution in [1.82, 2.24) is 5.32 Å². The van der Waals surface area contributed by atoms with Crippen LogP contribution in [0.1, 0.15) is 26.3 Å².